The average Bonchev–Trinajstić information content (AvgIpc) is 2.48. The van der Waals surface area contributed by atoms with Crippen LogP contribution in [-0.4, -0.2) is 26.2 Å². The molecule has 1 amide bonds. The number of aryl methyl sites for hydroxylation is 1. The van der Waals surface area contributed by atoms with Crippen LogP contribution in [0.15, 0.2) is 36.0 Å². The van der Waals surface area contributed by atoms with E-state index in [9.17, 15) is 4.79 Å². The van der Waals surface area contributed by atoms with Gasteiger partial charge in [-0.3, -0.25) is 4.79 Å². The molecule has 5 heteroatoms. The smallest absolute Gasteiger partial charge is 0.263 e. The highest BCUT2D eigenvalue weighted by atomic mass is 16.5. The summed E-state index contributed by atoms with van der Waals surface area (Å²) in [4.78, 5) is 11.8. The number of amides is 1. The Kier molecular flexibility index (Phi) is 7.62. The summed E-state index contributed by atoms with van der Waals surface area (Å²) in [6.45, 7) is 3.67. The molecule has 0 unspecified atom stereocenters. The molecule has 1 aromatic rings. The number of carbonyl (C=O) groups is 1. The molecular formula is C16H21N3O2. The normalized spacial score (nSPS) is 10.8. The van der Waals surface area contributed by atoms with E-state index in [-0.39, 0.29) is 11.5 Å². The third kappa shape index (κ3) is 6.59. The van der Waals surface area contributed by atoms with Gasteiger partial charge >= 0.3 is 0 Å². The Morgan fingerprint density at radius 3 is 2.95 bits per heavy atom. The number of hydrogen-bond donors (Lipinski definition) is 2. The molecule has 2 N–H and O–H groups in total. The third-order valence-corrected chi connectivity index (χ3v) is 2.81. The summed E-state index contributed by atoms with van der Waals surface area (Å²) >= 11 is 0. The molecule has 0 spiro atoms. The first-order valence-corrected chi connectivity index (χ1v) is 6.83. The zero-order chi connectivity index (χ0) is 15.5. The summed E-state index contributed by atoms with van der Waals surface area (Å²) in [6.07, 6.45) is 2.17. The fraction of sp³-hybridized carbons (Fsp3) is 0.375. The fourth-order valence-corrected chi connectivity index (χ4v) is 1.76. The molecule has 0 bridgehead atoms. The van der Waals surface area contributed by atoms with Crippen LogP contribution in [0.5, 0.6) is 0 Å². The largest absolute Gasteiger partial charge is 0.386 e. The van der Waals surface area contributed by atoms with Gasteiger partial charge in [-0.1, -0.05) is 29.8 Å². The van der Waals surface area contributed by atoms with E-state index in [1.807, 2.05) is 31.2 Å². The van der Waals surface area contributed by atoms with Crippen LogP contribution in [0.2, 0.25) is 0 Å². The molecule has 0 aliphatic carbocycles. The number of carbonyl (C=O) groups excluding carboxylic acids is 1. The molecule has 0 radical (unpaired) electrons. The number of nitrogens with one attached hydrogen (secondary N) is 2. The summed E-state index contributed by atoms with van der Waals surface area (Å²) in [6, 6.07) is 9.94. The van der Waals surface area contributed by atoms with E-state index in [4.69, 9.17) is 10.00 Å². The van der Waals surface area contributed by atoms with Crippen LogP contribution in [0.1, 0.15) is 17.5 Å². The summed E-state index contributed by atoms with van der Waals surface area (Å²) in [5, 5.41) is 14.7. The van der Waals surface area contributed by atoms with Crippen LogP contribution < -0.4 is 10.6 Å². The topological polar surface area (TPSA) is 74.1 Å². The minimum atomic E-state index is -0.370. The minimum Gasteiger partial charge on any atom is -0.386 e. The van der Waals surface area contributed by atoms with Crippen molar-refractivity contribution in [1.29, 1.82) is 5.26 Å². The van der Waals surface area contributed by atoms with Crippen LogP contribution in [0.3, 0.4) is 0 Å². The van der Waals surface area contributed by atoms with Crippen LogP contribution >= 0.6 is 0 Å². The van der Waals surface area contributed by atoms with E-state index < -0.39 is 0 Å². The molecule has 21 heavy (non-hydrogen) atoms. The molecule has 0 heterocycles. The van der Waals surface area contributed by atoms with E-state index in [1.165, 1.54) is 11.8 Å². The second kappa shape index (κ2) is 9.56. The number of benzene rings is 1. The third-order valence-electron chi connectivity index (χ3n) is 2.81. The van der Waals surface area contributed by atoms with E-state index in [1.54, 1.807) is 7.11 Å². The highest BCUT2D eigenvalue weighted by molar-refractivity contribution is 5.97. The van der Waals surface area contributed by atoms with Gasteiger partial charge in [-0.05, 0) is 18.9 Å². The Bertz CT molecular complexity index is 533. The summed E-state index contributed by atoms with van der Waals surface area (Å²) < 4.78 is 4.89. The number of methoxy groups -OCH3 is 1. The molecule has 0 saturated heterocycles. The van der Waals surface area contributed by atoms with Gasteiger partial charge < -0.3 is 15.4 Å². The van der Waals surface area contributed by atoms with E-state index in [0.717, 1.165) is 12.0 Å². The average molecular weight is 287 g/mol. The van der Waals surface area contributed by atoms with E-state index >= 15 is 0 Å². The first kappa shape index (κ1) is 16.7. The Balaban J connectivity index is 2.44. The van der Waals surface area contributed by atoms with Crippen molar-refractivity contribution in [2.75, 3.05) is 20.3 Å². The van der Waals surface area contributed by atoms with Gasteiger partial charge in [-0.2, -0.15) is 5.26 Å². The minimum absolute atomic E-state index is 0.0695. The van der Waals surface area contributed by atoms with Crippen LogP contribution in [0, 0.1) is 18.3 Å². The van der Waals surface area contributed by atoms with Crippen LogP contribution in [0.25, 0.3) is 0 Å². The SMILES string of the molecule is COCCCNC(=O)/C(C#N)=C\NCc1cccc(C)c1. The molecule has 0 aliphatic rings. The first-order valence-electron chi connectivity index (χ1n) is 6.83. The van der Waals surface area contributed by atoms with Gasteiger partial charge in [-0.25, -0.2) is 0 Å². The van der Waals surface area contributed by atoms with E-state index in [0.29, 0.717) is 19.7 Å². The standard InChI is InChI=1S/C16H21N3O2/c1-13-5-3-6-14(9-13)11-18-12-15(10-17)16(20)19-7-4-8-21-2/h3,5-6,9,12,18H,4,7-8,11H2,1-2H3,(H,19,20)/b15-12-. The van der Waals surface area contributed by atoms with E-state index in [2.05, 4.69) is 16.7 Å². The van der Waals surface area contributed by atoms with Crippen molar-refractivity contribution in [3.8, 4) is 6.07 Å². The van der Waals surface area contributed by atoms with Crippen molar-refractivity contribution in [3.63, 3.8) is 0 Å². The van der Waals surface area contributed by atoms with Crippen molar-refractivity contribution >= 4 is 5.91 Å². The van der Waals surface area contributed by atoms with Gasteiger partial charge in [0.05, 0.1) is 0 Å². The van der Waals surface area contributed by atoms with Gasteiger partial charge in [0.1, 0.15) is 11.6 Å². The lowest BCUT2D eigenvalue weighted by atomic mass is 10.1. The maximum absolute atomic E-state index is 11.8. The highest BCUT2D eigenvalue weighted by Crippen LogP contribution is 2.03. The van der Waals surface area contributed by atoms with Gasteiger partial charge in [0.15, 0.2) is 0 Å². The van der Waals surface area contributed by atoms with Crippen molar-refractivity contribution in [2.45, 2.75) is 19.9 Å². The number of ether oxygens (including phenoxy) is 1. The Morgan fingerprint density at radius 2 is 2.29 bits per heavy atom. The quantitative estimate of drug-likeness (QED) is 0.433. The molecule has 112 valence electrons. The second-order valence-electron chi connectivity index (χ2n) is 4.64. The Morgan fingerprint density at radius 1 is 1.48 bits per heavy atom. The maximum Gasteiger partial charge on any atom is 0.263 e. The number of nitriles is 1. The molecule has 0 aliphatic heterocycles. The number of nitrogens with zero attached hydrogens (tertiary/aromatic N) is 1. The summed E-state index contributed by atoms with van der Waals surface area (Å²) in [5.74, 6) is -0.370. The van der Waals surface area contributed by atoms with Crippen molar-refractivity contribution in [3.05, 3.63) is 47.2 Å². The van der Waals surface area contributed by atoms with Crippen LogP contribution in [0.4, 0.5) is 0 Å². The van der Waals surface area contributed by atoms with Crippen molar-refractivity contribution < 1.29 is 9.53 Å². The van der Waals surface area contributed by atoms with Gasteiger partial charge in [0.25, 0.3) is 5.91 Å². The number of hydrogen-bond acceptors (Lipinski definition) is 4. The molecule has 0 fully saturated rings. The molecular weight excluding hydrogens is 266 g/mol. The molecule has 0 aromatic heterocycles. The zero-order valence-electron chi connectivity index (χ0n) is 12.5. The zero-order valence-corrected chi connectivity index (χ0v) is 12.5. The van der Waals surface area contributed by atoms with Crippen molar-refractivity contribution in [2.24, 2.45) is 0 Å². The lowest BCUT2D eigenvalue weighted by Gasteiger charge is -2.05. The van der Waals surface area contributed by atoms with Gasteiger partial charge in [0.2, 0.25) is 0 Å². The summed E-state index contributed by atoms with van der Waals surface area (Å²) in [7, 11) is 1.61. The van der Waals surface area contributed by atoms with Crippen molar-refractivity contribution in [1.82, 2.24) is 10.6 Å². The Labute approximate surface area is 125 Å². The van der Waals surface area contributed by atoms with Gasteiger partial charge in [-0.15, -0.1) is 0 Å². The first-order chi connectivity index (χ1) is 10.2. The van der Waals surface area contributed by atoms with Gasteiger partial charge in [0, 0.05) is 33.0 Å². The lowest BCUT2D eigenvalue weighted by molar-refractivity contribution is -0.117. The monoisotopic (exact) mass is 287 g/mol. The number of rotatable bonds is 8. The highest BCUT2D eigenvalue weighted by Gasteiger charge is 2.07. The van der Waals surface area contributed by atoms with Crippen LogP contribution in [-0.2, 0) is 16.1 Å². The molecule has 1 aromatic carbocycles. The maximum atomic E-state index is 11.8. The molecule has 0 atom stereocenters. The molecule has 5 nitrogen and oxygen atoms in total. The predicted octanol–water partition coefficient (Wildman–Crippen LogP) is 1.64. The molecule has 1 rings (SSSR count). The Hall–Kier alpha value is -2.32. The fourth-order valence-electron chi connectivity index (χ4n) is 1.76. The molecule has 0 saturated carbocycles. The lowest BCUT2D eigenvalue weighted by Crippen LogP contribution is -2.27. The predicted molar refractivity (Wildman–Crippen MR) is 81.2 cm³/mol. The second-order valence-corrected chi connectivity index (χ2v) is 4.64. The summed E-state index contributed by atoms with van der Waals surface area (Å²) in [5.41, 5.74) is 2.35.